The van der Waals surface area contributed by atoms with Crippen molar-refractivity contribution < 1.29 is 4.39 Å². The molecule has 18 heavy (non-hydrogen) atoms. The van der Waals surface area contributed by atoms with Crippen LogP contribution in [0.3, 0.4) is 0 Å². The Bertz CT molecular complexity index is 366. The van der Waals surface area contributed by atoms with E-state index >= 15 is 0 Å². The molecule has 0 aliphatic carbocycles. The van der Waals surface area contributed by atoms with Gasteiger partial charge in [0.2, 0.25) is 0 Å². The van der Waals surface area contributed by atoms with Crippen LogP contribution in [0, 0.1) is 5.82 Å². The predicted molar refractivity (Wildman–Crippen MR) is 75.6 cm³/mol. The minimum atomic E-state index is -0.169. The van der Waals surface area contributed by atoms with E-state index in [0.717, 1.165) is 30.9 Å². The number of likely N-dealkylation sites (N-methyl/N-ethyl adjacent to an activating group) is 2. The number of halogens is 1. The maximum atomic E-state index is 13.5. The summed E-state index contributed by atoms with van der Waals surface area (Å²) < 4.78 is 13.5. The van der Waals surface area contributed by atoms with Crippen molar-refractivity contribution in [3.05, 3.63) is 29.6 Å². The molecule has 0 spiro atoms. The van der Waals surface area contributed by atoms with Crippen molar-refractivity contribution in [2.24, 2.45) is 0 Å². The molecule has 0 saturated carbocycles. The lowest BCUT2D eigenvalue weighted by molar-refractivity contribution is 0.416. The summed E-state index contributed by atoms with van der Waals surface area (Å²) in [6.45, 7) is 5.49. The molecule has 0 amide bonds. The molecule has 0 atom stereocenters. The van der Waals surface area contributed by atoms with Crippen LogP contribution in [0.2, 0.25) is 0 Å². The first-order valence-corrected chi connectivity index (χ1v) is 6.39. The molecule has 0 aliphatic heterocycles. The van der Waals surface area contributed by atoms with Gasteiger partial charge >= 0.3 is 0 Å². The van der Waals surface area contributed by atoms with E-state index in [4.69, 9.17) is 0 Å². The summed E-state index contributed by atoms with van der Waals surface area (Å²) in [5.41, 5.74) is 1.92. The van der Waals surface area contributed by atoms with E-state index in [0.29, 0.717) is 6.54 Å². The van der Waals surface area contributed by atoms with Crippen LogP contribution in [0.25, 0.3) is 0 Å². The normalized spacial score (nSPS) is 11.0. The molecule has 0 bridgehead atoms. The number of hydrogen-bond acceptors (Lipinski definition) is 3. The molecule has 1 rings (SSSR count). The van der Waals surface area contributed by atoms with Crippen molar-refractivity contribution in [1.82, 2.24) is 10.2 Å². The fourth-order valence-corrected chi connectivity index (χ4v) is 1.70. The zero-order valence-corrected chi connectivity index (χ0v) is 11.8. The number of rotatable bonds is 7. The van der Waals surface area contributed by atoms with Crippen LogP contribution < -0.4 is 10.2 Å². The second-order valence-electron chi connectivity index (χ2n) is 4.82. The number of hydrogen-bond donors (Lipinski definition) is 1. The van der Waals surface area contributed by atoms with Gasteiger partial charge in [-0.15, -0.1) is 0 Å². The van der Waals surface area contributed by atoms with Gasteiger partial charge in [0.25, 0.3) is 0 Å². The number of benzene rings is 1. The van der Waals surface area contributed by atoms with Gasteiger partial charge in [-0.1, -0.05) is 6.92 Å². The van der Waals surface area contributed by atoms with E-state index in [1.165, 1.54) is 0 Å². The zero-order chi connectivity index (χ0) is 13.5. The van der Waals surface area contributed by atoms with Crippen molar-refractivity contribution in [1.29, 1.82) is 0 Å². The van der Waals surface area contributed by atoms with Crippen LogP contribution in [-0.4, -0.2) is 45.7 Å². The molecule has 1 aromatic rings. The van der Waals surface area contributed by atoms with Gasteiger partial charge in [-0.2, -0.15) is 0 Å². The summed E-state index contributed by atoms with van der Waals surface area (Å²) in [6.07, 6.45) is 0. The third-order valence-corrected chi connectivity index (χ3v) is 2.84. The minimum Gasteiger partial charge on any atom is -0.373 e. The molecule has 0 radical (unpaired) electrons. The highest BCUT2D eigenvalue weighted by atomic mass is 19.1. The summed E-state index contributed by atoms with van der Waals surface area (Å²) in [6, 6.07) is 5.22. The maximum absolute atomic E-state index is 13.5. The van der Waals surface area contributed by atoms with Crippen molar-refractivity contribution >= 4 is 5.69 Å². The van der Waals surface area contributed by atoms with E-state index in [1.807, 2.05) is 34.1 Å². The largest absolute Gasteiger partial charge is 0.373 e. The predicted octanol–water partition coefficient (Wildman–Crippen LogP) is 1.93. The molecule has 1 aromatic carbocycles. The molecule has 0 fully saturated rings. The van der Waals surface area contributed by atoms with Crippen LogP contribution in [0.1, 0.15) is 12.5 Å². The van der Waals surface area contributed by atoms with Crippen LogP contribution in [0.15, 0.2) is 18.2 Å². The van der Waals surface area contributed by atoms with Crippen molar-refractivity contribution in [2.45, 2.75) is 13.5 Å². The Labute approximate surface area is 110 Å². The number of nitrogens with zero attached hydrogens (tertiary/aromatic N) is 2. The third-order valence-electron chi connectivity index (χ3n) is 2.84. The topological polar surface area (TPSA) is 18.5 Å². The molecule has 4 heteroatoms. The summed E-state index contributed by atoms with van der Waals surface area (Å²) in [5, 5.41) is 3.21. The molecule has 1 N–H and O–H groups in total. The fourth-order valence-electron chi connectivity index (χ4n) is 1.70. The monoisotopic (exact) mass is 253 g/mol. The van der Waals surface area contributed by atoms with E-state index in [2.05, 4.69) is 15.1 Å². The van der Waals surface area contributed by atoms with Crippen LogP contribution in [-0.2, 0) is 6.54 Å². The highest BCUT2D eigenvalue weighted by molar-refractivity contribution is 5.48. The van der Waals surface area contributed by atoms with E-state index in [9.17, 15) is 4.39 Å². The second kappa shape index (κ2) is 7.34. The average Bonchev–Trinajstić information content (AvgIpc) is 2.32. The van der Waals surface area contributed by atoms with Gasteiger partial charge in [-0.3, -0.25) is 0 Å². The van der Waals surface area contributed by atoms with E-state index in [1.54, 1.807) is 12.1 Å². The van der Waals surface area contributed by atoms with E-state index < -0.39 is 0 Å². The number of anilines is 1. The lowest BCUT2D eigenvalue weighted by Gasteiger charge is -2.22. The average molecular weight is 253 g/mol. The summed E-state index contributed by atoms with van der Waals surface area (Å²) >= 11 is 0. The van der Waals surface area contributed by atoms with Crippen molar-refractivity contribution in [2.75, 3.05) is 45.7 Å². The fraction of sp³-hybridized carbons (Fsp3) is 0.571. The second-order valence-corrected chi connectivity index (χ2v) is 4.82. The van der Waals surface area contributed by atoms with Crippen molar-refractivity contribution in [3.63, 3.8) is 0 Å². The third kappa shape index (κ3) is 5.02. The molecule has 0 heterocycles. The smallest absolute Gasteiger partial charge is 0.125 e. The minimum absolute atomic E-state index is 0.169. The molecule has 0 aromatic heterocycles. The molecular formula is C14H24FN3. The van der Waals surface area contributed by atoms with Crippen LogP contribution in [0.5, 0.6) is 0 Å². The Morgan fingerprint density at radius 2 is 1.83 bits per heavy atom. The lowest BCUT2D eigenvalue weighted by atomic mass is 10.1. The SMILES string of the molecule is CCNCc1cc(F)cc(N(C)CCN(C)C)c1. The first-order valence-electron chi connectivity index (χ1n) is 6.39. The van der Waals surface area contributed by atoms with Gasteiger partial charge in [-0.25, -0.2) is 4.39 Å². The zero-order valence-electron chi connectivity index (χ0n) is 11.8. The van der Waals surface area contributed by atoms with Gasteiger partial charge in [0.05, 0.1) is 0 Å². The Balaban J connectivity index is 2.71. The molecule has 0 saturated heterocycles. The van der Waals surface area contributed by atoms with Gasteiger partial charge < -0.3 is 15.1 Å². The van der Waals surface area contributed by atoms with Crippen LogP contribution in [0.4, 0.5) is 10.1 Å². The van der Waals surface area contributed by atoms with Gasteiger partial charge in [0.15, 0.2) is 0 Å². The molecule has 3 nitrogen and oxygen atoms in total. The Hall–Kier alpha value is -1.13. The highest BCUT2D eigenvalue weighted by Crippen LogP contribution is 2.17. The first kappa shape index (κ1) is 14.9. The highest BCUT2D eigenvalue weighted by Gasteiger charge is 2.05. The first-order chi connectivity index (χ1) is 8.52. The molecular weight excluding hydrogens is 229 g/mol. The maximum Gasteiger partial charge on any atom is 0.125 e. The Kier molecular flexibility index (Phi) is 6.09. The quantitative estimate of drug-likeness (QED) is 0.801. The summed E-state index contributed by atoms with van der Waals surface area (Å²) in [5.74, 6) is -0.169. The van der Waals surface area contributed by atoms with E-state index in [-0.39, 0.29) is 5.82 Å². The molecule has 0 unspecified atom stereocenters. The molecule has 0 aliphatic rings. The molecule has 102 valence electrons. The standard InChI is InChI=1S/C14H24FN3/c1-5-16-11-12-8-13(15)10-14(9-12)18(4)7-6-17(2)3/h8-10,16H,5-7,11H2,1-4H3. The lowest BCUT2D eigenvalue weighted by Crippen LogP contribution is -2.28. The summed E-state index contributed by atoms with van der Waals surface area (Å²) in [4.78, 5) is 4.20. The summed E-state index contributed by atoms with van der Waals surface area (Å²) in [7, 11) is 6.07. The van der Waals surface area contributed by atoms with Crippen LogP contribution >= 0.6 is 0 Å². The van der Waals surface area contributed by atoms with Crippen molar-refractivity contribution in [3.8, 4) is 0 Å². The Morgan fingerprint density at radius 1 is 1.11 bits per heavy atom. The van der Waals surface area contributed by atoms with Gasteiger partial charge in [0, 0.05) is 32.4 Å². The number of nitrogens with one attached hydrogen (secondary N) is 1. The van der Waals surface area contributed by atoms with Gasteiger partial charge in [0.1, 0.15) is 5.82 Å². The van der Waals surface area contributed by atoms with Gasteiger partial charge in [-0.05, 0) is 44.4 Å². The Morgan fingerprint density at radius 3 is 2.44 bits per heavy atom.